The van der Waals surface area contributed by atoms with Gasteiger partial charge in [-0.3, -0.25) is 4.98 Å². The summed E-state index contributed by atoms with van der Waals surface area (Å²) in [6.45, 7) is 2.02. The van der Waals surface area contributed by atoms with E-state index in [4.69, 9.17) is 17.3 Å². The maximum Gasteiger partial charge on any atom is 0.0994 e. The molecule has 0 aliphatic heterocycles. The highest BCUT2D eigenvalue weighted by Gasteiger charge is 2.27. The molecule has 1 heterocycles. The Morgan fingerprint density at radius 3 is 2.64 bits per heavy atom. The van der Waals surface area contributed by atoms with Crippen molar-refractivity contribution in [2.75, 3.05) is 5.73 Å². The van der Waals surface area contributed by atoms with Gasteiger partial charge in [-0.1, -0.05) is 49.4 Å². The van der Waals surface area contributed by atoms with Crippen molar-refractivity contribution >= 4 is 22.9 Å². The Morgan fingerprint density at radius 1 is 1.11 bits per heavy atom. The van der Waals surface area contributed by atoms with Crippen LogP contribution in [-0.4, -0.2) is 4.98 Å². The lowest BCUT2D eigenvalue weighted by atomic mass is 9.78. The zero-order chi connectivity index (χ0) is 19.7. The summed E-state index contributed by atoms with van der Waals surface area (Å²) in [4.78, 5) is 4.29. The van der Waals surface area contributed by atoms with E-state index in [0.29, 0.717) is 22.2 Å². The number of hydrogen-bond acceptors (Lipinski definition) is 3. The standard InChI is InChI=1S/C24H26ClN3/c1-15-10-18-7-6-17(16-4-2-3-5-16)8-9-20(21(18)11-19(15)12-26)22-13-28-14-23(27)24(22)25/h9-11,13-14,16-17H,2-8,27H2,1H3. The van der Waals surface area contributed by atoms with Crippen LogP contribution in [0.3, 0.4) is 0 Å². The van der Waals surface area contributed by atoms with Crippen molar-refractivity contribution in [2.24, 2.45) is 11.8 Å². The van der Waals surface area contributed by atoms with Gasteiger partial charge in [-0.2, -0.15) is 5.26 Å². The highest BCUT2D eigenvalue weighted by molar-refractivity contribution is 6.35. The first-order valence-corrected chi connectivity index (χ1v) is 10.6. The normalized spacial score (nSPS) is 20.0. The van der Waals surface area contributed by atoms with E-state index in [-0.39, 0.29) is 0 Å². The number of halogens is 1. The Balaban J connectivity index is 1.85. The van der Waals surface area contributed by atoms with Crippen LogP contribution in [0, 0.1) is 30.1 Å². The Hall–Kier alpha value is -2.31. The number of anilines is 1. The molecule has 0 bridgehead atoms. The van der Waals surface area contributed by atoms with Crippen LogP contribution >= 0.6 is 11.6 Å². The van der Waals surface area contributed by atoms with Gasteiger partial charge >= 0.3 is 0 Å². The number of fused-ring (bicyclic) bond motifs is 1. The number of nitrogens with zero attached hydrogens (tertiary/aromatic N) is 2. The minimum absolute atomic E-state index is 0.489. The molecule has 3 nitrogen and oxygen atoms in total. The maximum absolute atomic E-state index is 9.56. The number of hydrogen-bond donors (Lipinski definition) is 1. The van der Waals surface area contributed by atoms with E-state index < -0.39 is 0 Å². The predicted molar refractivity (Wildman–Crippen MR) is 115 cm³/mol. The molecule has 0 saturated heterocycles. The molecule has 144 valence electrons. The second-order valence-electron chi connectivity index (χ2n) is 8.22. The van der Waals surface area contributed by atoms with Gasteiger partial charge in [0.1, 0.15) is 0 Å². The van der Waals surface area contributed by atoms with Crippen LogP contribution in [0.4, 0.5) is 5.69 Å². The molecule has 0 spiro atoms. The number of allylic oxidation sites excluding steroid dienone is 1. The van der Waals surface area contributed by atoms with Crippen molar-refractivity contribution in [3.05, 3.63) is 63.4 Å². The van der Waals surface area contributed by atoms with Crippen molar-refractivity contribution in [1.82, 2.24) is 4.98 Å². The molecule has 4 heteroatoms. The fourth-order valence-electron chi connectivity index (χ4n) is 4.94. The number of aryl methyl sites for hydroxylation is 2. The number of aromatic nitrogens is 1. The Labute approximate surface area is 172 Å². The van der Waals surface area contributed by atoms with Crippen LogP contribution in [0.15, 0.2) is 30.6 Å². The monoisotopic (exact) mass is 391 g/mol. The summed E-state index contributed by atoms with van der Waals surface area (Å²) >= 11 is 6.58. The van der Waals surface area contributed by atoms with Gasteiger partial charge in [0.25, 0.3) is 0 Å². The summed E-state index contributed by atoms with van der Waals surface area (Å²) in [7, 11) is 0. The van der Waals surface area contributed by atoms with Gasteiger partial charge in [-0.15, -0.1) is 0 Å². The third-order valence-electron chi connectivity index (χ3n) is 6.53. The minimum atomic E-state index is 0.489. The SMILES string of the molecule is Cc1cc2c(cc1C#N)C(c1cncc(N)c1Cl)=CCC(C1CCCC1)CC2. The lowest BCUT2D eigenvalue weighted by Gasteiger charge is -2.27. The van der Waals surface area contributed by atoms with E-state index in [9.17, 15) is 5.26 Å². The summed E-state index contributed by atoms with van der Waals surface area (Å²) in [6, 6.07) is 6.54. The molecule has 2 aliphatic carbocycles. The second kappa shape index (κ2) is 7.97. The van der Waals surface area contributed by atoms with E-state index in [0.717, 1.165) is 41.0 Å². The number of benzene rings is 1. The molecule has 1 saturated carbocycles. The molecule has 0 radical (unpaired) electrons. The van der Waals surface area contributed by atoms with E-state index in [2.05, 4.69) is 23.2 Å². The van der Waals surface area contributed by atoms with Gasteiger partial charge in [0.15, 0.2) is 0 Å². The van der Waals surface area contributed by atoms with Crippen molar-refractivity contribution in [1.29, 1.82) is 5.26 Å². The Kier molecular flexibility index (Phi) is 5.42. The highest BCUT2D eigenvalue weighted by atomic mass is 35.5. The van der Waals surface area contributed by atoms with Gasteiger partial charge in [-0.25, -0.2) is 0 Å². The molecule has 1 aromatic carbocycles. The molecule has 0 amide bonds. The molecule has 2 aliphatic rings. The van der Waals surface area contributed by atoms with Crippen molar-refractivity contribution in [3.63, 3.8) is 0 Å². The van der Waals surface area contributed by atoms with Crippen molar-refractivity contribution in [2.45, 2.75) is 51.9 Å². The van der Waals surface area contributed by atoms with Crippen LogP contribution in [0.25, 0.3) is 5.57 Å². The van der Waals surface area contributed by atoms with Crippen LogP contribution in [0.2, 0.25) is 5.02 Å². The zero-order valence-electron chi connectivity index (χ0n) is 16.3. The van der Waals surface area contributed by atoms with Crippen LogP contribution in [-0.2, 0) is 6.42 Å². The Bertz CT molecular complexity index is 965. The van der Waals surface area contributed by atoms with Crippen molar-refractivity contribution in [3.8, 4) is 6.07 Å². The molecular weight excluding hydrogens is 366 g/mol. The smallest absolute Gasteiger partial charge is 0.0994 e. The predicted octanol–water partition coefficient (Wildman–Crippen LogP) is 6.07. The molecule has 2 aromatic rings. The minimum Gasteiger partial charge on any atom is -0.396 e. The third kappa shape index (κ3) is 3.54. The van der Waals surface area contributed by atoms with E-state index >= 15 is 0 Å². The first-order chi connectivity index (χ1) is 13.6. The molecule has 1 fully saturated rings. The second-order valence-corrected chi connectivity index (χ2v) is 8.60. The number of rotatable bonds is 2. The number of pyridine rings is 1. The van der Waals surface area contributed by atoms with Crippen LogP contribution < -0.4 is 5.73 Å². The average molecular weight is 392 g/mol. The first kappa shape index (κ1) is 19.0. The fraction of sp³-hybridized carbons (Fsp3) is 0.417. The van der Waals surface area contributed by atoms with Crippen molar-refractivity contribution < 1.29 is 0 Å². The molecule has 4 rings (SSSR count). The highest BCUT2D eigenvalue weighted by Crippen LogP contribution is 2.41. The summed E-state index contributed by atoms with van der Waals surface area (Å²) in [5.74, 6) is 1.53. The van der Waals surface area contributed by atoms with Gasteiger partial charge in [0.2, 0.25) is 0 Å². The summed E-state index contributed by atoms with van der Waals surface area (Å²) < 4.78 is 0. The fourth-order valence-corrected chi connectivity index (χ4v) is 5.14. The van der Waals surface area contributed by atoms with Gasteiger partial charge < -0.3 is 5.73 Å². The molecular formula is C24H26ClN3. The lowest BCUT2D eigenvalue weighted by Crippen LogP contribution is -2.15. The summed E-state index contributed by atoms with van der Waals surface area (Å²) in [5, 5.41) is 10.1. The molecule has 28 heavy (non-hydrogen) atoms. The summed E-state index contributed by atoms with van der Waals surface area (Å²) in [5.41, 5.74) is 12.6. The Morgan fingerprint density at radius 2 is 1.89 bits per heavy atom. The van der Waals surface area contributed by atoms with E-state index in [1.165, 1.54) is 37.7 Å². The molecule has 1 unspecified atom stereocenters. The number of nitriles is 1. The lowest BCUT2D eigenvalue weighted by molar-refractivity contribution is 0.320. The topological polar surface area (TPSA) is 62.7 Å². The largest absolute Gasteiger partial charge is 0.396 e. The van der Waals surface area contributed by atoms with Gasteiger partial charge in [0.05, 0.1) is 28.5 Å². The molecule has 1 atom stereocenters. The van der Waals surface area contributed by atoms with E-state index in [1.807, 2.05) is 13.0 Å². The zero-order valence-corrected chi connectivity index (χ0v) is 17.1. The maximum atomic E-state index is 9.56. The van der Waals surface area contributed by atoms with Gasteiger partial charge in [0, 0.05) is 11.8 Å². The third-order valence-corrected chi connectivity index (χ3v) is 6.96. The number of nitrogen functional groups attached to an aromatic ring is 1. The van der Waals surface area contributed by atoms with Crippen LogP contribution in [0.1, 0.15) is 66.3 Å². The number of nitrogens with two attached hydrogens (primary N) is 1. The van der Waals surface area contributed by atoms with Crippen LogP contribution in [0.5, 0.6) is 0 Å². The summed E-state index contributed by atoms with van der Waals surface area (Å²) in [6.07, 6.45) is 14.4. The molecule has 2 N–H and O–H groups in total. The average Bonchev–Trinajstić information content (AvgIpc) is 3.21. The molecule has 1 aromatic heterocycles. The van der Waals surface area contributed by atoms with E-state index in [1.54, 1.807) is 12.4 Å². The van der Waals surface area contributed by atoms with Gasteiger partial charge in [-0.05, 0) is 66.4 Å². The first-order valence-electron chi connectivity index (χ1n) is 10.2. The quantitative estimate of drug-likeness (QED) is 0.675.